The molecule has 5 nitrogen and oxygen atoms in total. The third kappa shape index (κ3) is 3.88. The van der Waals surface area contributed by atoms with Gasteiger partial charge in [0.2, 0.25) is 0 Å². The minimum Gasteiger partial charge on any atom is -0.342 e. The number of unbranched alkanes of at least 4 members (excludes halogenated alkanes) is 1. The molecule has 0 spiro atoms. The lowest BCUT2D eigenvalue weighted by Crippen LogP contribution is -2.27. The fourth-order valence-electron chi connectivity index (χ4n) is 3.30. The summed E-state index contributed by atoms with van der Waals surface area (Å²) < 4.78 is 0. The highest BCUT2D eigenvalue weighted by molar-refractivity contribution is 6.08. The molecule has 0 radical (unpaired) electrons. The van der Waals surface area contributed by atoms with Gasteiger partial charge < -0.3 is 4.90 Å². The lowest BCUT2D eigenvalue weighted by molar-refractivity contribution is 0.0803. The SMILES string of the molecule is CCCCc1ncc(-c2nc3ccc(C)cc3c(C(=O)N(C)CC)c2C)cn1. The first-order valence-corrected chi connectivity index (χ1v) is 9.94. The van der Waals surface area contributed by atoms with Crippen LogP contribution in [0.25, 0.3) is 22.2 Å². The highest BCUT2D eigenvalue weighted by Gasteiger charge is 2.21. The van der Waals surface area contributed by atoms with Gasteiger partial charge in [-0.3, -0.25) is 4.79 Å². The van der Waals surface area contributed by atoms with Crippen molar-refractivity contribution < 1.29 is 4.79 Å². The fraction of sp³-hybridized carbons (Fsp3) is 0.391. The van der Waals surface area contributed by atoms with Gasteiger partial charge in [-0.1, -0.05) is 25.0 Å². The Morgan fingerprint density at radius 2 is 1.82 bits per heavy atom. The molecule has 0 saturated heterocycles. The Balaban J connectivity index is 2.17. The Morgan fingerprint density at radius 3 is 2.46 bits per heavy atom. The molecule has 0 unspecified atom stereocenters. The van der Waals surface area contributed by atoms with Gasteiger partial charge in [-0.2, -0.15) is 0 Å². The lowest BCUT2D eigenvalue weighted by Gasteiger charge is -2.19. The number of amides is 1. The van der Waals surface area contributed by atoms with Crippen molar-refractivity contribution in [3.8, 4) is 11.3 Å². The van der Waals surface area contributed by atoms with Gasteiger partial charge in [0, 0.05) is 43.4 Å². The number of pyridine rings is 1. The van der Waals surface area contributed by atoms with E-state index in [0.29, 0.717) is 12.1 Å². The van der Waals surface area contributed by atoms with Crippen molar-refractivity contribution in [3.63, 3.8) is 0 Å². The molecule has 1 amide bonds. The van der Waals surface area contributed by atoms with E-state index in [1.54, 1.807) is 4.90 Å². The molecular weight excluding hydrogens is 348 g/mol. The first-order valence-electron chi connectivity index (χ1n) is 9.94. The van der Waals surface area contributed by atoms with E-state index in [9.17, 15) is 4.79 Å². The normalized spacial score (nSPS) is 11.0. The number of carbonyl (C=O) groups is 1. The van der Waals surface area contributed by atoms with E-state index in [0.717, 1.165) is 58.4 Å². The molecule has 28 heavy (non-hydrogen) atoms. The highest BCUT2D eigenvalue weighted by atomic mass is 16.2. The molecule has 3 aromatic rings. The summed E-state index contributed by atoms with van der Waals surface area (Å²) in [5.74, 6) is 0.862. The summed E-state index contributed by atoms with van der Waals surface area (Å²) in [6, 6.07) is 6.05. The number of aryl methyl sites for hydroxylation is 2. The van der Waals surface area contributed by atoms with Crippen LogP contribution >= 0.6 is 0 Å². The second-order valence-electron chi connectivity index (χ2n) is 7.29. The van der Waals surface area contributed by atoms with Crippen LogP contribution in [-0.2, 0) is 6.42 Å². The zero-order chi connectivity index (χ0) is 20.3. The Hall–Kier alpha value is -2.82. The van der Waals surface area contributed by atoms with Gasteiger partial charge in [0.15, 0.2) is 0 Å². The molecule has 0 aliphatic carbocycles. The molecule has 0 aliphatic rings. The molecule has 0 bridgehead atoms. The van der Waals surface area contributed by atoms with Crippen molar-refractivity contribution in [3.05, 3.63) is 53.1 Å². The zero-order valence-electron chi connectivity index (χ0n) is 17.4. The molecule has 5 heteroatoms. The second-order valence-corrected chi connectivity index (χ2v) is 7.29. The Morgan fingerprint density at radius 1 is 1.11 bits per heavy atom. The maximum atomic E-state index is 13.1. The molecule has 2 heterocycles. The topological polar surface area (TPSA) is 59.0 Å². The minimum atomic E-state index is 0.0136. The van der Waals surface area contributed by atoms with Crippen LogP contribution in [0.4, 0.5) is 0 Å². The van der Waals surface area contributed by atoms with Gasteiger partial charge in [-0.15, -0.1) is 0 Å². The Labute approximate surface area is 166 Å². The van der Waals surface area contributed by atoms with Gasteiger partial charge in [0.1, 0.15) is 5.82 Å². The summed E-state index contributed by atoms with van der Waals surface area (Å²) in [6.45, 7) is 8.78. The van der Waals surface area contributed by atoms with E-state index in [-0.39, 0.29) is 5.91 Å². The maximum Gasteiger partial charge on any atom is 0.254 e. The number of rotatable bonds is 6. The van der Waals surface area contributed by atoms with Crippen molar-refractivity contribution in [1.82, 2.24) is 19.9 Å². The largest absolute Gasteiger partial charge is 0.342 e. The summed E-state index contributed by atoms with van der Waals surface area (Å²) in [5, 5.41) is 0.895. The van der Waals surface area contributed by atoms with Crippen LogP contribution in [0, 0.1) is 13.8 Å². The van der Waals surface area contributed by atoms with E-state index in [1.807, 2.05) is 58.4 Å². The Bertz CT molecular complexity index is 996. The van der Waals surface area contributed by atoms with Gasteiger partial charge in [-0.25, -0.2) is 15.0 Å². The average molecular weight is 377 g/mol. The van der Waals surface area contributed by atoms with Crippen molar-refractivity contribution in [2.24, 2.45) is 0 Å². The summed E-state index contributed by atoms with van der Waals surface area (Å²) >= 11 is 0. The molecule has 146 valence electrons. The number of benzene rings is 1. The third-order valence-electron chi connectivity index (χ3n) is 5.15. The Kier molecular flexibility index (Phi) is 6.02. The highest BCUT2D eigenvalue weighted by Crippen LogP contribution is 2.30. The van der Waals surface area contributed by atoms with E-state index in [4.69, 9.17) is 4.98 Å². The summed E-state index contributed by atoms with van der Waals surface area (Å²) in [7, 11) is 1.83. The van der Waals surface area contributed by atoms with Gasteiger partial charge in [0.05, 0.1) is 16.8 Å². The molecule has 1 aromatic carbocycles. The predicted molar refractivity (Wildman–Crippen MR) is 113 cm³/mol. The maximum absolute atomic E-state index is 13.1. The molecule has 0 N–H and O–H groups in total. The van der Waals surface area contributed by atoms with Gasteiger partial charge >= 0.3 is 0 Å². The van der Waals surface area contributed by atoms with Crippen LogP contribution in [0.5, 0.6) is 0 Å². The van der Waals surface area contributed by atoms with Crippen molar-refractivity contribution in [2.75, 3.05) is 13.6 Å². The van der Waals surface area contributed by atoms with Crippen LogP contribution in [-0.4, -0.2) is 39.4 Å². The predicted octanol–water partition coefficient (Wildman–Crippen LogP) is 4.74. The van der Waals surface area contributed by atoms with Crippen LogP contribution in [0.2, 0.25) is 0 Å². The number of hydrogen-bond acceptors (Lipinski definition) is 4. The molecule has 0 aliphatic heterocycles. The lowest BCUT2D eigenvalue weighted by atomic mass is 9.97. The standard InChI is InChI=1S/C23H28N4O/c1-6-8-9-20-24-13-17(14-25-20)22-16(4)21(23(28)27(5)7-2)18-12-15(3)10-11-19(18)26-22/h10-14H,6-9H2,1-5H3. The summed E-state index contributed by atoms with van der Waals surface area (Å²) in [4.78, 5) is 28.7. The first-order chi connectivity index (χ1) is 13.5. The third-order valence-corrected chi connectivity index (χ3v) is 5.15. The van der Waals surface area contributed by atoms with Crippen molar-refractivity contribution >= 4 is 16.8 Å². The number of hydrogen-bond donors (Lipinski definition) is 0. The zero-order valence-corrected chi connectivity index (χ0v) is 17.4. The number of nitrogens with zero attached hydrogens (tertiary/aromatic N) is 4. The molecule has 3 rings (SSSR count). The van der Waals surface area contributed by atoms with Crippen molar-refractivity contribution in [2.45, 2.75) is 47.0 Å². The fourth-order valence-corrected chi connectivity index (χ4v) is 3.30. The van der Waals surface area contributed by atoms with Crippen LogP contribution in [0.15, 0.2) is 30.6 Å². The number of aromatic nitrogens is 3. The molecule has 0 atom stereocenters. The smallest absolute Gasteiger partial charge is 0.254 e. The average Bonchev–Trinajstić information content (AvgIpc) is 2.71. The van der Waals surface area contributed by atoms with E-state index < -0.39 is 0 Å². The van der Waals surface area contributed by atoms with E-state index in [1.165, 1.54) is 0 Å². The van der Waals surface area contributed by atoms with Gasteiger partial charge in [-0.05, 0) is 44.9 Å². The van der Waals surface area contributed by atoms with Gasteiger partial charge in [0.25, 0.3) is 5.91 Å². The quantitative estimate of drug-likeness (QED) is 0.623. The van der Waals surface area contributed by atoms with E-state index >= 15 is 0 Å². The molecule has 0 fully saturated rings. The number of carbonyl (C=O) groups excluding carboxylic acids is 1. The second kappa shape index (κ2) is 8.46. The van der Waals surface area contributed by atoms with Crippen LogP contribution in [0.3, 0.4) is 0 Å². The number of fused-ring (bicyclic) bond motifs is 1. The van der Waals surface area contributed by atoms with Crippen molar-refractivity contribution in [1.29, 1.82) is 0 Å². The summed E-state index contributed by atoms with van der Waals surface area (Å²) in [6.07, 6.45) is 6.72. The van der Waals surface area contributed by atoms with Crippen LogP contribution in [0.1, 0.15) is 54.0 Å². The van der Waals surface area contributed by atoms with E-state index in [2.05, 4.69) is 16.9 Å². The summed E-state index contributed by atoms with van der Waals surface area (Å²) in [5.41, 5.74) is 5.11. The monoisotopic (exact) mass is 376 g/mol. The molecular formula is C23H28N4O. The van der Waals surface area contributed by atoms with Crippen LogP contribution < -0.4 is 0 Å². The molecule has 2 aromatic heterocycles. The first kappa shape index (κ1) is 19.9. The molecule has 0 saturated carbocycles. The minimum absolute atomic E-state index is 0.0136.